The standard InChI is InChI=1S/C18H19N5OS/c1-12-4-5-14-16(9-12)25-18(22-14)23-8-2-3-13(11-23)21-17(24)15-10-19-6-7-20-15/h4-7,9-10,13H,2-3,8,11H2,1H3,(H,21,24). The summed E-state index contributed by atoms with van der Waals surface area (Å²) in [5.41, 5.74) is 2.64. The van der Waals surface area contributed by atoms with Crippen LogP contribution in [0.15, 0.2) is 36.8 Å². The number of hydrogen-bond donors (Lipinski definition) is 1. The SMILES string of the molecule is Cc1ccc2nc(N3CCCC(NC(=O)c4cnccn4)C3)sc2c1. The monoisotopic (exact) mass is 353 g/mol. The quantitative estimate of drug-likeness (QED) is 0.784. The van der Waals surface area contributed by atoms with Crippen molar-refractivity contribution in [1.29, 1.82) is 0 Å². The number of piperidine rings is 1. The van der Waals surface area contributed by atoms with Gasteiger partial charge in [-0.15, -0.1) is 0 Å². The fourth-order valence-electron chi connectivity index (χ4n) is 3.10. The first-order valence-electron chi connectivity index (χ1n) is 8.38. The van der Waals surface area contributed by atoms with E-state index in [0.717, 1.165) is 36.6 Å². The van der Waals surface area contributed by atoms with Gasteiger partial charge in [-0.3, -0.25) is 9.78 Å². The van der Waals surface area contributed by atoms with E-state index in [1.807, 2.05) is 0 Å². The molecule has 3 aromatic rings. The summed E-state index contributed by atoms with van der Waals surface area (Å²) in [5.74, 6) is -0.167. The molecular formula is C18H19N5OS. The zero-order valence-electron chi connectivity index (χ0n) is 14.0. The molecule has 1 N–H and O–H groups in total. The van der Waals surface area contributed by atoms with Gasteiger partial charge in [0, 0.05) is 31.5 Å². The number of rotatable bonds is 3. The minimum atomic E-state index is -0.167. The van der Waals surface area contributed by atoms with E-state index < -0.39 is 0 Å². The van der Waals surface area contributed by atoms with E-state index in [1.165, 1.54) is 22.7 Å². The number of fused-ring (bicyclic) bond motifs is 1. The van der Waals surface area contributed by atoms with E-state index in [2.05, 4.69) is 45.3 Å². The second-order valence-corrected chi connectivity index (χ2v) is 7.33. The molecule has 25 heavy (non-hydrogen) atoms. The van der Waals surface area contributed by atoms with Gasteiger partial charge < -0.3 is 10.2 Å². The van der Waals surface area contributed by atoms with Crippen LogP contribution < -0.4 is 10.2 Å². The summed E-state index contributed by atoms with van der Waals surface area (Å²) in [6.45, 7) is 3.83. The Morgan fingerprint density at radius 1 is 1.36 bits per heavy atom. The van der Waals surface area contributed by atoms with Gasteiger partial charge >= 0.3 is 0 Å². The normalized spacial score (nSPS) is 17.6. The molecule has 0 saturated carbocycles. The van der Waals surface area contributed by atoms with Crippen LogP contribution in [0.2, 0.25) is 0 Å². The molecule has 1 aliphatic rings. The van der Waals surface area contributed by atoms with Crippen molar-refractivity contribution in [1.82, 2.24) is 20.3 Å². The highest BCUT2D eigenvalue weighted by Gasteiger charge is 2.24. The maximum atomic E-state index is 12.3. The van der Waals surface area contributed by atoms with Crippen LogP contribution in [0.5, 0.6) is 0 Å². The molecule has 0 bridgehead atoms. The number of carbonyl (C=O) groups excluding carboxylic acids is 1. The Hall–Kier alpha value is -2.54. The number of carbonyl (C=O) groups is 1. The molecule has 3 heterocycles. The van der Waals surface area contributed by atoms with Crippen LogP contribution in [0, 0.1) is 6.92 Å². The van der Waals surface area contributed by atoms with Crippen molar-refractivity contribution in [2.24, 2.45) is 0 Å². The third-order valence-electron chi connectivity index (χ3n) is 4.36. The fraction of sp³-hybridized carbons (Fsp3) is 0.333. The third kappa shape index (κ3) is 3.46. The van der Waals surface area contributed by atoms with Crippen molar-refractivity contribution in [3.63, 3.8) is 0 Å². The highest BCUT2D eigenvalue weighted by molar-refractivity contribution is 7.22. The van der Waals surface area contributed by atoms with Crippen molar-refractivity contribution in [3.05, 3.63) is 48.0 Å². The van der Waals surface area contributed by atoms with E-state index >= 15 is 0 Å². The molecule has 2 aromatic heterocycles. The van der Waals surface area contributed by atoms with Crippen LogP contribution in [-0.2, 0) is 0 Å². The summed E-state index contributed by atoms with van der Waals surface area (Å²) >= 11 is 1.72. The fourth-order valence-corrected chi connectivity index (χ4v) is 4.20. The summed E-state index contributed by atoms with van der Waals surface area (Å²) < 4.78 is 1.21. The molecule has 0 spiro atoms. The highest BCUT2D eigenvalue weighted by Crippen LogP contribution is 2.31. The summed E-state index contributed by atoms with van der Waals surface area (Å²) in [4.78, 5) is 27.3. The van der Waals surface area contributed by atoms with Crippen molar-refractivity contribution in [3.8, 4) is 0 Å². The first-order chi connectivity index (χ1) is 12.2. The number of benzene rings is 1. The zero-order valence-corrected chi connectivity index (χ0v) is 14.8. The van der Waals surface area contributed by atoms with Crippen molar-refractivity contribution in [2.45, 2.75) is 25.8 Å². The van der Waals surface area contributed by atoms with Gasteiger partial charge in [0.05, 0.1) is 16.4 Å². The van der Waals surface area contributed by atoms with Gasteiger partial charge in [-0.2, -0.15) is 0 Å². The molecule has 6 nitrogen and oxygen atoms in total. The Morgan fingerprint density at radius 3 is 3.12 bits per heavy atom. The Labute approximate surface area is 149 Å². The lowest BCUT2D eigenvalue weighted by molar-refractivity contribution is 0.0927. The zero-order chi connectivity index (χ0) is 17.2. The molecule has 1 saturated heterocycles. The molecule has 1 fully saturated rings. The number of aromatic nitrogens is 3. The van der Waals surface area contributed by atoms with Crippen molar-refractivity contribution >= 4 is 32.6 Å². The average molecular weight is 353 g/mol. The summed E-state index contributed by atoms with van der Waals surface area (Å²) in [7, 11) is 0. The van der Waals surface area contributed by atoms with Gasteiger partial charge in [-0.1, -0.05) is 17.4 Å². The van der Waals surface area contributed by atoms with E-state index in [-0.39, 0.29) is 11.9 Å². The van der Waals surface area contributed by atoms with Crippen LogP contribution in [0.25, 0.3) is 10.2 Å². The van der Waals surface area contributed by atoms with Crippen LogP contribution in [0.3, 0.4) is 0 Å². The molecule has 1 aliphatic heterocycles. The minimum Gasteiger partial charge on any atom is -0.346 e. The van der Waals surface area contributed by atoms with Gasteiger partial charge in [0.15, 0.2) is 5.13 Å². The van der Waals surface area contributed by atoms with E-state index in [1.54, 1.807) is 17.5 Å². The molecule has 4 rings (SSSR count). The van der Waals surface area contributed by atoms with Crippen LogP contribution in [0.1, 0.15) is 28.9 Å². The molecule has 0 aliphatic carbocycles. The lowest BCUT2D eigenvalue weighted by atomic mass is 10.1. The lowest BCUT2D eigenvalue weighted by Gasteiger charge is -2.32. The molecule has 1 unspecified atom stereocenters. The van der Waals surface area contributed by atoms with Gasteiger partial charge in [-0.25, -0.2) is 9.97 Å². The predicted octanol–water partition coefficient (Wildman–Crippen LogP) is 2.79. The Balaban J connectivity index is 1.47. The number of hydrogen-bond acceptors (Lipinski definition) is 6. The molecule has 1 atom stereocenters. The van der Waals surface area contributed by atoms with Crippen LogP contribution >= 0.6 is 11.3 Å². The second-order valence-electron chi connectivity index (χ2n) is 6.32. The first-order valence-corrected chi connectivity index (χ1v) is 9.20. The number of amides is 1. The Bertz CT molecular complexity index is 895. The summed E-state index contributed by atoms with van der Waals surface area (Å²) in [5, 5.41) is 4.10. The van der Waals surface area contributed by atoms with Gasteiger partial charge in [0.2, 0.25) is 0 Å². The molecule has 7 heteroatoms. The highest BCUT2D eigenvalue weighted by atomic mass is 32.1. The summed E-state index contributed by atoms with van der Waals surface area (Å²) in [6, 6.07) is 6.43. The predicted molar refractivity (Wildman–Crippen MR) is 99.1 cm³/mol. The van der Waals surface area contributed by atoms with E-state index in [9.17, 15) is 4.79 Å². The number of nitrogens with one attached hydrogen (secondary N) is 1. The molecule has 128 valence electrons. The largest absolute Gasteiger partial charge is 0.346 e. The third-order valence-corrected chi connectivity index (χ3v) is 5.43. The van der Waals surface area contributed by atoms with Gasteiger partial charge in [0.25, 0.3) is 5.91 Å². The molecule has 1 amide bonds. The average Bonchev–Trinajstić information content (AvgIpc) is 3.06. The lowest BCUT2D eigenvalue weighted by Crippen LogP contribution is -2.48. The van der Waals surface area contributed by atoms with Gasteiger partial charge in [-0.05, 0) is 37.5 Å². The second kappa shape index (κ2) is 6.76. The Morgan fingerprint density at radius 2 is 2.28 bits per heavy atom. The number of nitrogens with zero attached hydrogens (tertiary/aromatic N) is 4. The number of thiazole rings is 1. The number of aryl methyl sites for hydroxylation is 1. The molecular weight excluding hydrogens is 334 g/mol. The van der Waals surface area contributed by atoms with Crippen molar-refractivity contribution in [2.75, 3.05) is 18.0 Å². The smallest absolute Gasteiger partial charge is 0.271 e. The van der Waals surface area contributed by atoms with Crippen LogP contribution in [-0.4, -0.2) is 40.0 Å². The maximum Gasteiger partial charge on any atom is 0.271 e. The Kier molecular flexibility index (Phi) is 4.31. The molecule has 1 aromatic carbocycles. The summed E-state index contributed by atoms with van der Waals surface area (Å²) in [6.07, 6.45) is 6.58. The van der Waals surface area contributed by atoms with E-state index in [4.69, 9.17) is 4.98 Å². The van der Waals surface area contributed by atoms with Crippen molar-refractivity contribution < 1.29 is 4.79 Å². The first kappa shape index (κ1) is 16.0. The minimum absolute atomic E-state index is 0.0944. The van der Waals surface area contributed by atoms with Crippen LogP contribution in [0.4, 0.5) is 5.13 Å². The number of anilines is 1. The maximum absolute atomic E-state index is 12.3. The van der Waals surface area contributed by atoms with Gasteiger partial charge in [0.1, 0.15) is 5.69 Å². The van der Waals surface area contributed by atoms with E-state index in [0.29, 0.717) is 5.69 Å². The molecule has 0 radical (unpaired) electrons. The topological polar surface area (TPSA) is 71.0 Å².